The lowest BCUT2D eigenvalue weighted by Crippen LogP contribution is -2.16. The topological polar surface area (TPSA) is 8.17 Å². The van der Waals surface area contributed by atoms with Gasteiger partial charge in [-0.05, 0) is 132 Å². The van der Waals surface area contributed by atoms with Crippen molar-refractivity contribution in [2.75, 3.05) is 4.90 Å². The van der Waals surface area contributed by atoms with Crippen LogP contribution in [0.15, 0.2) is 176 Å². The molecule has 0 amide bonds. The molecular weight excluding hydrogens is 617 g/mol. The highest BCUT2D eigenvalue weighted by molar-refractivity contribution is 5.80. The highest BCUT2D eigenvalue weighted by atomic mass is 15.1. The average Bonchev–Trinajstić information content (AvgIpc) is 3.49. The van der Waals surface area contributed by atoms with E-state index in [-0.39, 0.29) is 0 Å². The number of aromatic nitrogens is 1. The summed E-state index contributed by atoms with van der Waals surface area (Å²) in [6, 6.07) is 47.9. The first kappa shape index (κ1) is 32.1. The normalized spacial score (nSPS) is 13.6. The van der Waals surface area contributed by atoms with Crippen LogP contribution in [0.4, 0.5) is 11.4 Å². The third-order valence-corrected chi connectivity index (χ3v) is 10.1. The van der Waals surface area contributed by atoms with Crippen molar-refractivity contribution in [1.29, 1.82) is 0 Å². The summed E-state index contributed by atoms with van der Waals surface area (Å²) in [6.07, 6.45) is 20.1. The van der Waals surface area contributed by atoms with Crippen LogP contribution in [0.1, 0.15) is 47.3 Å². The highest BCUT2D eigenvalue weighted by Crippen LogP contribution is 2.36. The monoisotopic (exact) mass is 658 g/mol. The number of benzene rings is 5. The van der Waals surface area contributed by atoms with Crippen molar-refractivity contribution in [1.82, 2.24) is 4.57 Å². The summed E-state index contributed by atoms with van der Waals surface area (Å²) in [5.41, 5.74) is 16.9. The van der Waals surface area contributed by atoms with E-state index in [4.69, 9.17) is 0 Å². The molecule has 0 unspecified atom stereocenters. The van der Waals surface area contributed by atoms with Crippen molar-refractivity contribution >= 4 is 29.1 Å². The zero-order valence-corrected chi connectivity index (χ0v) is 29.2. The Kier molecular flexibility index (Phi) is 9.06. The number of nitrogens with zero attached hydrogens (tertiary/aromatic N) is 2. The molecule has 0 fully saturated rings. The molecule has 8 rings (SSSR count). The van der Waals surface area contributed by atoms with Gasteiger partial charge in [0.15, 0.2) is 0 Å². The Morgan fingerprint density at radius 2 is 1.20 bits per heavy atom. The first-order valence-electron chi connectivity index (χ1n) is 18.0. The van der Waals surface area contributed by atoms with Crippen LogP contribution in [0.25, 0.3) is 45.7 Å². The number of rotatable bonds is 9. The lowest BCUT2D eigenvalue weighted by atomic mass is 10.00. The zero-order chi connectivity index (χ0) is 34.6. The first-order chi connectivity index (χ1) is 25.1. The van der Waals surface area contributed by atoms with Gasteiger partial charge in [-0.1, -0.05) is 128 Å². The minimum Gasteiger partial charge on any atom is -0.311 e. The van der Waals surface area contributed by atoms with Gasteiger partial charge >= 0.3 is 0 Å². The molecule has 0 aliphatic heterocycles. The standard InChI is InChI=1S/C49H42N2/c1-36(38-14-6-3-7-15-38)22-35-48-37(2)47-20-12-13-21-49(47)51(48)46-33-27-42(28-34-46)41-25-31-45(32-26-41)50(43-18-10-5-11-19-43)44-29-23-40(24-30-44)39-16-8-4-9-17-39/h3-4,6-10,13-19,21-35H,1,5,11-12,20H2,2H3/b35-22-. The summed E-state index contributed by atoms with van der Waals surface area (Å²) in [6.45, 7) is 6.61. The third kappa shape index (κ3) is 6.61. The van der Waals surface area contributed by atoms with Crippen molar-refractivity contribution in [3.8, 4) is 27.9 Å². The van der Waals surface area contributed by atoms with Crippen LogP contribution in [0.3, 0.4) is 0 Å². The quantitative estimate of drug-likeness (QED) is 0.140. The van der Waals surface area contributed by atoms with Crippen LogP contribution in [-0.2, 0) is 6.42 Å². The number of fused-ring (bicyclic) bond motifs is 1. The van der Waals surface area contributed by atoms with Gasteiger partial charge in [0.25, 0.3) is 0 Å². The molecule has 5 aromatic carbocycles. The van der Waals surface area contributed by atoms with E-state index >= 15 is 0 Å². The van der Waals surface area contributed by atoms with Crippen molar-refractivity contribution in [3.05, 3.63) is 204 Å². The Bertz CT molecular complexity index is 2280. The van der Waals surface area contributed by atoms with Crippen LogP contribution in [0.5, 0.6) is 0 Å². The van der Waals surface area contributed by atoms with Crippen molar-refractivity contribution < 1.29 is 0 Å². The molecule has 0 saturated heterocycles. The Hall–Kier alpha value is -6.12. The van der Waals surface area contributed by atoms with E-state index in [2.05, 4.69) is 193 Å². The SMILES string of the molecule is C=C(/C=C\c1c(C)c2c(n1-c1ccc(-c3ccc(N(C4=CCCC=C4)c4ccc(-c5ccccc5)cc4)cc3)cc1)C=CCC2)c1ccccc1. The summed E-state index contributed by atoms with van der Waals surface area (Å²) in [5, 5.41) is 0. The van der Waals surface area contributed by atoms with E-state index in [0.717, 1.165) is 53.9 Å². The van der Waals surface area contributed by atoms with Crippen molar-refractivity contribution in [3.63, 3.8) is 0 Å². The van der Waals surface area contributed by atoms with Gasteiger partial charge in [-0.3, -0.25) is 0 Å². The second kappa shape index (κ2) is 14.4. The van der Waals surface area contributed by atoms with Gasteiger partial charge in [0, 0.05) is 34.1 Å². The maximum atomic E-state index is 4.36. The molecule has 2 aliphatic carbocycles. The molecule has 0 bridgehead atoms. The minimum absolute atomic E-state index is 1.01. The molecule has 2 aliphatic rings. The van der Waals surface area contributed by atoms with E-state index in [0.29, 0.717) is 0 Å². The number of anilines is 2. The van der Waals surface area contributed by atoms with Gasteiger partial charge < -0.3 is 9.47 Å². The van der Waals surface area contributed by atoms with E-state index in [1.807, 2.05) is 6.07 Å². The Labute approximate surface area is 302 Å². The molecule has 2 heteroatoms. The summed E-state index contributed by atoms with van der Waals surface area (Å²) in [4.78, 5) is 2.36. The molecule has 1 heterocycles. The summed E-state index contributed by atoms with van der Waals surface area (Å²) < 4.78 is 2.41. The van der Waals surface area contributed by atoms with E-state index in [9.17, 15) is 0 Å². The Morgan fingerprint density at radius 1 is 0.627 bits per heavy atom. The van der Waals surface area contributed by atoms with Gasteiger partial charge in [-0.15, -0.1) is 0 Å². The lowest BCUT2D eigenvalue weighted by Gasteiger charge is -2.28. The molecule has 0 radical (unpaired) electrons. The van der Waals surface area contributed by atoms with E-state index in [1.165, 1.54) is 50.5 Å². The van der Waals surface area contributed by atoms with E-state index < -0.39 is 0 Å². The largest absolute Gasteiger partial charge is 0.311 e. The molecular formula is C49H42N2. The van der Waals surface area contributed by atoms with Crippen LogP contribution in [0, 0.1) is 6.92 Å². The van der Waals surface area contributed by atoms with Crippen LogP contribution in [0.2, 0.25) is 0 Å². The average molecular weight is 659 g/mol. The fourth-order valence-corrected chi connectivity index (χ4v) is 7.35. The molecule has 2 nitrogen and oxygen atoms in total. The fourth-order valence-electron chi connectivity index (χ4n) is 7.35. The molecule has 0 N–H and O–H groups in total. The molecule has 6 aromatic rings. The molecule has 0 atom stereocenters. The van der Waals surface area contributed by atoms with Crippen LogP contribution >= 0.6 is 0 Å². The maximum Gasteiger partial charge on any atom is 0.0494 e. The van der Waals surface area contributed by atoms with E-state index in [1.54, 1.807) is 0 Å². The number of allylic oxidation sites excluding steroid dienone is 6. The molecule has 1 aromatic heterocycles. The smallest absolute Gasteiger partial charge is 0.0494 e. The van der Waals surface area contributed by atoms with Gasteiger partial charge in [0.1, 0.15) is 0 Å². The lowest BCUT2D eigenvalue weighted by molar-refractivity contribution is 0.953. The van der Waals surface area contributed by atoms with Crippen molar-refractivity contribution in [2.45, 2.75) is 32.6 Å². The van der Waals surface area contributed by atoms with Gasteiger partial charge in [-0.2, -0.15) is 0 Å². The summed E-state index contributed by atoms with van der Waals surface area (Å²) >= 11 is 0. The molecule has 0 spiro atoms. The third-order valence-electron chi connectivity index (χ3n) is 10.1. The van der Waals surface area contributed by atoms with Crippen molar-refractivity contribution in [2.24, 2.45) is 0 Å². The first-order valence-corrected chi connectivity index (χ1v) is 18.0. The number of hydrogen-bond donors (Lipinski definition) is 0. The Morgan fingerprint density at radius 3 is 1.80 bits per heavy atom. The predicted molar refractivity (Wildman–Crippen MR) is 218 cm³/mol. The minimum atomic E-state index is 1.01. The van der Waals surface area contributed by atoms with Gasteiger partial charge in [0.05, 0.1) is 0 Å². The maximum absolute atomic E-state index is 4.36. The van der Waals surface area contributed by atoms with Gasteiger partial charge in [-0.25, -0.2) is 0 Å². The summed E-state index contributed by atoms with van der Waals surface area (Å²) in [7, 11) is 0. The second-order valence-corrected chi connectivity index (χ2v) is 13.3. The molecule has 51 heavy (non-hydrogen) atoms. The van der Waals surface area contributed by atoms with Crippen LogP contribution < -0.4 is 4.90 Å². The highest BCUT2D eigenvalue weighted by Gasteiger charge is 2.20. The summed E-state index contributed by atoms with van der Waals surface area (Å²) in [5.74, 6) is 0. The Balaban J connectivity index is 1.08. The van der Waals surface area contributed by atoms with Crippen LogP contribution in [-0.4, -0.2) is 4.57 Å². The predicted octanol–water partition coefficient (Wildman–Crippen LogP) is 13.2. The molecule has 248 valence electrons. The fraction of sp³-hybridized carbons (Fsp3) is 0.102. The molecule has 0 saturated carbocycles. The van der Waals surface area contributed by atoms with Gasteiger partial charge in [0.2, 0.25) is 0 Å². The number of hydrogen-bond acceptors (Lipinski definition) is 1. The zero-order valence-electron chi connectivity index (χ0n) is 29.2. The second-order valence-electron chi connectivity index (χ2n) is 13.3.